The Morgan fingerprint density at radius 3 is 2.43 bits per heavy atom. The van der Waals surface area contributed by atoms with Crippen molar-refractivity contribution < 1.29 is 9.59 Å². The molecule has 0 bridgehead atoms. The molecule has 176 valence electrons. The molecule has 1 aliphatic rings. The fraction of sp³-hybridized carbons (Fsp3) is 0.179. The maximum atomic E-state index is 13.6. The number of nitriles is 1. The van der Waals surface area contributed by atoms with E-state index in [0.717, 1.165) is 16.7 Å². The van der Waals surface area contributed by atoms with Crippen molar-refractivity contribution in [3.05, 3.63) is 111 Å². The van der Waals surface area contributed by atoms with Gasteiger partial charge in [-0.1, -0.05) is 78.0 Å². The summed E-state index contributed by atoms with van der Waals surface area (Å²) in [5.74, 6) is -0.658. The number of benzene rings is 3. The quantitative estimate of drug-likeness (QED) is 0.346. The summed E-state index contributed by atoms with van der Waals surface area (Å²) in [5.41, 5.74) is 3.74. The lowest BCUT2D eigenvalue weighted by Gasteiger charge is -2.19. The van der Waals surface area contributed by atoms with Gasteiger partial charge in [0.1, 0.15) is 16.7 Å². The molecule has 35 heavy (non-hydrogen) atoms. The summed E-state index contributed by atoms with van der Waals surface area (Å²) in [4.78, 5) is 28.1. The molecule has 1 N–H and O–H groups in total. The van der Waals surface area contributed by atoms with Crippen LogP contribution in [0.15, 0.2) is 89.5 Å². The number of hydrogen-bond donors (Lipinski definition) is 1. The molecule has 1 fully saturated rings. The number of thioether (sulfide) groups is 1. The Balaban J connectivity index is 1.62. The van der Waals surface area contributed by atoms with Crippen LogP contribution in [-0.4, -0.2) is 23.6 Å². The number of nitrogens with zero attached hydrogens (tertiary/aromatic N) is 2. The largest absolute Gasteiger partial charge is 0.351 e. The number of hydrogen-bond acceptors (Lipinski definition) is 4. The third-order valence-electron chi connectivity index (χ3n) is 5.80. The molecule has 0 aliphatic carbocycles. The Morgan fingerprint density at radius 2 is 1.74 bits per heavy atom. The number of halogens is 1. The minimum Gasteiger partial charge on any atom is -0.351 e. The molecule has 1 aliphatic heterocycles. The van der Waals surface area contributed by atoms with Crippen molar-refractivity contribution in [1.29, 1.82) is 5.26 Å². The maximum absolute atomic E-state index is 13.6. The van der Waals surface area contributed by atoms with Gasteiger partial charge in [0.2, 0.25) is 5.91 Å². The van der Waals surface area contributed by atoms with E-state index in [4.69, 9.17) is 11.6 Å². The van der Waals surface area contributed by atoms with E-state index in [1.165, 1.54) is 16.7 Å². The number of carbonyl (C=O) groups is 2. The van der Waals surface area contributed by atoms with Crippen LogP contribution in [0, 0.1) is 18.3 Å². The second-order valence-corrected chi connectivity index (χ2v) is 9.80. The van der Waals surface area contributed by atoms with Crippen molar-refractivity contribution in [2.75, 3.05) is 11.4 Å². The zero-order chi connectivity index (χ0) is 24.8. The van der Waals surface area contributed by atoms with Gasteiger partial charge in [0.15, 0.2) is 0 Å². The minimum absolute atomic E-state index is 0.0707. The van der Waals surface area contributed by atoms with Gasteiger partial charge < -0.3 is 5.32 Å². The van der Waals surface area contributed by atoms with Crippen molar-refractivity contribution >= 4 is 40.9 Å². The first-order chi connectivity index (χ1) is 17.0. The van der Waals surface area contributed by atoms with Crippen LogP contribution in [0.3, 0.4) is 0 Å². The molecule has 4 rings (SSSR count). The number of aryl methyl sites for hydroxylation is 1. The van der Waals surface area contributed by atoms with E-state index < -0.39 is 11.2 Å². The molecule has 5 nitrogen and oxygen atoms in total. The van der Waals surface area contributed by atoms with E-state index in [2.05, 4.69) is 5.32 Å². The van der Waals surface area contributed by atoms with Crippen molar-refractivity contribution in [3.63, 3.8) is 0 Å². The van der Waals surface area contributed by atoms with E-state index in [0.29, 0.717) is 35.1 Å². The summed E-state index contributed by atoms with van der Waals surface area (Å²) < 4.78 is 0. The van der Waals surface area contributed by atoms with Gasteiger partial charge in [0.25, 0.3) is 5.91 Å². The normalized spacial score (nSPS) is 16.7. The van der Waals surface area contributed by atoms with Crippen LogP contribution in [0.25, 0.3) is 0 Å². The monoisotopic (exact) mass is 501 g/mol. The Bertz CT molecular complexity index is 1300. The molecule has 0 aromatic heterocycles. The Hall–Kier alpha value is -3.53. The average Bonchev–Trinajstić information content (AvgIpc) is 3.17. The van der Waals surface area contributed by atoms with Crippen molar-refractivity contribution in [1.82, 2.24) is 5.32 Å². The van der Waals surface area contributed by atoms with E-state index in [-0.39, 0.29) is 11.5 Å². The summed E-state index contributed by atoms with van der Waals surface area (Å²) in [7, 11) is 0. The second-order valence-electron chi connectivity index (χ2n) is 8.17. The molecule has 1 atom stereocenters. The van der Waals surface area contributed by atoms with Gasteiger partial charge in [-0.05, 0) is 60.7 Å². The molecule has 0 spiro atoms. The molecular formula is C28H24ClN3O2S. The van der Waals surface area contributed by atoms with Crippen LogP contribution in [0.2, 0.25) is 5.02 Å². The predicted molar refractivity (Wildman–Crippen MR) is 141 cm³/mol. The van der Waals surface area contributed by atoms with Crippen LogP contribution in [0.1, 0.15) is 16.7 Å². The molecule has 0 unspecified atom stereocenters. The molecule has 1 heterocycles. The summed E-state index contributed by atoms with van der Waals surface area (Å²) in [6, 6.07) is 26.6. The van der Waals surface area contributed by atoms with Crippen molar-refractivity contribution in [3.8, 4) is 6.07 Å². The highest BCUT2D eigenvalue weighted by atomic mass is 35.5. The fourth-order valence-electron chi connectivity index (χ4n) is 3.90. The third kappa shape index (κ3) is 5.76. The lowest BCUT2D eigenvalue weighted by molar-refractivity contribution is -0.117. The van der Waals surface area contributed by atoms with E-state index in [9.17, 15) is 14.9 Å². The molecular weight excluding hydrogens is 478 g/mol. The van der Waals surface area contributed by atoms with Gasteiger partial charge in [0.05, 0.1) is 5.25 Å². The minimum atomic E-state index is -0.491. The topological polar surface area (TPSA) is 73.2 Å². The molecule has 7 heteroatoms. The standard InChI is InChI=1S/C28H24ClN3O2S/c1-19-7-5-6-10-21(19)17-25-27(34)32(23-13-11-22(29)12-14-23)28(35-25)24(18-30)26(33)31-16-15-20-8-3-2-4-9-20/h2-14,25H,15-17H2,1H3,(H,31,33)/b28-24-/t25-/m0/s1. The zero-order valence-corrected chi connectivity index (χ0v) is 20.8. The van der Waals surface area contributed by atoms with Gasteiger partial charge in [-0.3, -0.25) is 14.5 Å². The van der Waals surface area contributed by atoms with Gasteiger partial charge in [0, 0.05) is 17.3 Å². The second kappa shape index (κ2) is 11.3. The van der Waals surface area contributed by atoms with E-state index in [1.54, 1.807) is 24.3 Å². The highest BCUT2D eigenvalue weighted by Crippen LogP contribution is 2.42. The zero-order valence-electron chi connectivity index (χ0n) is 19.2. The van der Waals surface area contributed by atoms with Crippen LogP contribution in [-0.2, 0) is 22.4 Å². The first-order valence-electron chi connectivity index (χ1n) is 11.2. The van der Waals surface area contributed by atoms with Crippen LogP contribution in [0.4, 0.5) is 5.69 Å². The third-order valence-corrected chi connectivity index (χ3v) is 7.31. The summed E-state index contributed by atoms with van der Waals surface area (Å²) in [6.07, 6.45) is 1.14. The van der Waals surface area contributed by atoms with Gasteiger partial charge in [-0.2, -0.15) is 5.26 Å². The number of carbonyl (C=O) groups excluding carboxylic acids is 2. The first kappa shape index (κ1) is 24.6. The molecule has 2 amide bonds. The fourth-order valence-corrected chi connectivity index (χ4v) is 5.33. The van der Waals surface area contributed by atoms with Crippen molar-refractivity contribution in [2.45, 2.75) is 25.0 Å². The van der Waals surface area contributed by atoms with E-state index in [1.807, 2.05) is 67.6 Å². The van der Waals surface area contributed by atoms with Crippen LogP contribution in [0.5, 0.6) is 0 Å². The lowest BCUT2D eigenvalue weighted by atomic mass is 10.0. The Morgan fingerprint density at radius 1 is 1.06 bits per heavy atom. The summed E-state index contributed by atoms with van der Waals surface area (Å²) in [5, 5.41) is 13.2. The van der Waals surface area contributed by atoms with Gasteiger partial charge in [-0.15, -0.1) is 0 Å². The molecule has 1 saturated heterocycles. The van der Waals surface area contributed by atoms with Gasteiger partial charge >= 0.3 is 0 Å². The maximum Gasteiger partial charge on any atom is 0.264 e. The molecule has 0 saturated carbocycles. The number of rotatable bonds is 7. The predicted octanol–water partition coefficient (Wildman–Crippen LogP) is 5.43. The Labute approximate surface area is 214 Å². The molecule has 0 radical (unpaired) electrons. The molecule has 3 aromatic carbocycles. The first-order valence-corrected chi connectivity index (χ1v) is 12.5. The average molecular weight is 502 g/mol. The van der Waals surface area contributed by atoms with E-state index >= 15 is 0 Å². The van der Waals surface area contributed by atoms with Crippen LogP contribution < -0.4 is 10.2 Å². The number of amides is 2. The smallest absolute Gasteiger partial charge is 0.264 e. The van der Waals surface area contributed by atoms with Crippen LogP contribution >= 0.6 is 23.4 Å². The highest BCUT2D eigenvalue weighted by Gasteiger charge is 2.40. The van der Waals surface area contributed by atoms with Crippen molar-refractivity contribution in [2.24, 2.45) is 0 Å². The van der Waals surface area contributed by atoms with Gasteiger partial charge in [-0.25, -0.2) is 0 Å². The summed E-state index contributed by atoms with van der Waals surface area (Å²) in [6.45, 7) is 2.39. The number of nitrogens with one attached hydrogen (secondary N) is 1. The Kier molecular flexibility index (Phi) is 7.91. The lowest BCUT2D eigenvalue weighted by Crippen LogP contribution is -2.32. The molecule has 3 aromatic rings. The SMILES string of the molecule is Cc1ccccc1C[C@@H]1S/C(=C(/C#N)C(=O)NCCc2ccccc2)N(c2ccc(Cl)cc2)C1=O. The summed E-state index contributed by atoms with van der Waals surface area (Å²) >= 11 is 7.32. The number of anilines is 1. The highest BCUT2D eigenvalue weighted by molar-refractivity contribution is 8.05.